The summed E-state index contributed by atoms with van der Waals surface area (Å²) >= 11 is 3.47. The Morgan fingerprint density at radius 3 is 2.71 bits per heavy atom. The van der Waals surface area contributed by atoms with Crippen LogP contribution in [0.3, 0.4) is 0 Å². The van der Waals surface area contributed by atoms with Crippen molar-refractivity contribution < 1.29 is 39.0 Å². The highest BCUT2D eigenvalue weighted by atomic mass is 79.9. The smallest absolute Gasteiger partial charge is 0.455 e. The quantitative estimate of drug-likeness (QED) is 0.116. The predicted molar refractivity (Wildman–Crippen MR) is 172 cm³/mol. The highest BCUT2D eigenvalue weighted by Gasteiger charge is 2.57. The van der Waals surface area contributed by atoms with E-state index in [0.717, 1.165) is 26.9 Å². The van der Waals surface area contributed by atoms with Crippen LogP contribution in [0, 0.1) is 17.8 Å². The fourth-order valence-corrected chi connectivity index (χ4v) is 7.40. The maximum absolute atomic E-state index is 13.8. The molecular formula is C33H38BBrN2O8. The molecule has 1 aliphatic carbocycles. The average Bonchev–Trinajstić information content (AvgIpc) is 3.25. The van der Waals surface area contributed by atoms with Gasteiger partial charge in [-0.2, -0.15) is 0 Å². The number of allylic oxidation sites excluding steroid dienone is 1. The topological polar surface area (TPSA) is 146 Å². The third kappa shape index (κ3) is 7.57. The Labute approximate surface area is 271 Å². The summed E-state index contributed by atoms with van der Waals surface area (Å²) in [6.07, 6.45) is 6.37. The van der Waals surface area contributed by atoms with E-state index in [9.17, 15) is 24.5 Å². The van der Waals surface area contributed by atoms with Crippen LogP contribution >= 0.6 is 15.9 Å². The maximum atomic E-state index is 13.8. The van der Waals surface area contributed by atoms with E-state index in [0.29, 0.717) is 44.1 Å². The number of aromatic hydroxyl groups is 1. The van der Waals surface area contributed by atoms with Gasteiger partial charge in [-0.05, 0) is 97.5 Å². The van der Waals surface area contributed by atoms with Crippen LogP contribution in [0.15, 0.2) is 58.2 Å². The van der Waals surface area contributed by atoms with Gasteiger partial charge in [-0.1, -0.05) is 28.4 Å². The number of carboxylic acids is 1. The highest BCUT2D eigenvalue weighted by Crippen LogP contribution is 2.51. The second-order valence-corrected chi connectivity index (χ2v) is 12.8. The Bertz CT molecular complexity index is 1480. The molecule has 5 rings (SSSR count). The molecule has 0 unspecified atom stereocenters. The van der Waals surface area contributed by atoms with E-state index >= 15 is 0 Å². The molecule has 4 atom stereocenters. The van der Waals surface area contributed by atoms with Crippen LogP contribution in [0.4, 0.5) is 0 Å². The van der Waals surface area contributed by atoms with Crippen molar-refractivity contribution in [1.82, 2.24) is 9.88 Å². The number of fused-ring (bicyclic) bond motifs is 3. The molecule has 3 N–H and O–H groups in total. The number of unbranched alkanes of at least 4 members (excludes halogenated alkanes) is 2. The summed E-state index contributed by atoms with van der Waals surface area (Å²) in [6.45, 7) is 0.547. The first-order valence-electron chi connectivity index (χ1n) is 15.4. The number of phenolic OH excluding ortho intramolecular Hbond substituents is 1. The lowest BCUT2D eigenvalue weighted by atomic mass is 9.58. The van der Waals surface area contributed by atoms with Gasteiger partial charge < -0.3 is 24.6 Å². The molecule has 10 nitrogen and oxygen atoms in total. The Hall–Kier alpha value is -3.32. The Kier molecular flexibility index (Phi) is 10.9. The first kappa shape index (κ1) is 33.1. The zero-order valence-corrected chi connectivity index (χ0v) is 26.8. The number of hydrogen-bond acceptors (Lipinski definition) is 8. The summed E-state index contributed by atoms with van der Waals surface area (Å²) in [7, 11) is 0.496. The normalized spacial score (nSPS) is 23.4. The summed E-state index contributed by atoms with van der Waals surface area (Å²) < 4.78 is 12.5. The zero-order valence-electron chi connectivity index (χ0n) is 25.2. The minimum absolute atomic E-state index is 0.0590. The van der Waals surface area contributed by atoms with Crippen LogP contribution in [0.25, 0.3) is 11.6 Å². The van der Waals surface area contributed by atoms with Gasteiger partial charge in [-0.15, -0.1) is 0 Å². The number of carbonyl (C=O) groups is 3. The second-order valence-electron chi connectivity index (χ2n) is 11.9. The van der Waals surface area contributed by atoms with Crippen LogP contribution in [0.2, 0.25) is 6.32 Å². The molecule has 0 bridgehead atoms. The minimum Gasteiger partial charge on any atom is -0.507 e. The fourth-order valence-electron chi connectivity index (χ4n) is 7.02. The Morgan fingerprint density at radius 2 is 1.98 bits per heavy atom. The lowest BCUT2D eigenvalue weighted by molar-refractivity contribution is -0.141. The van der Waals surface area contributed by atoms with E-state index in [1.54, 1.807) is 25.4 Å². The number of hydrogen-bond donors (Lipinski definition) is 3. The van der Waals surface area contributed by atoms with Crippen molar-refractivity contribution in [3.8, 4) is 5.75 Å². The SMILES string of the molecule is COCC1=C2[C@@H](CC/C(=C/c3cc(Br)ccc3O)c3ccccn3)OB(O)C[C@@H]2[C@@H]2C(=O)N(CCCCCC(=O)O)C(=O)[C@@H]2C1. The molecule has 2 amide bonds. The van der Waals surface area contributed by atoms with E-state index in [1.807, 2.05) is 30.3 Å². The number of nitrogens with zero attached hydrogens (tertiary/aromatic N) is 2. The zero-order chi connectivity index (χ0) is 32.1. The van der Waals surface area contributed by atoms with Crippen molar-refractivity contribution >= 4 is 52.5 Å². The number of rotatable bonds is 13. The molecule has 2 aromatic rings. The molecule has 12 heteroatoms. The number of halogens is 1. The van der Waals surface area contributed by atoms with Crippen molar-refractivity contribution in [2.45, 2.75) is 57.4 Å². The highest BCUT2D eigenvalue weighted by molar-refractivity contribution is 9.10. The van der Waals surface area contributed by atoms with Crippen molar-refractivity contribution in [2.24, 2.45) is 17.8 Å². The summed E-state index contributed by atoms with van der Waals surface area (Å²) in [5.74, 6) is -2.64. The van der Waals surface area contributed by atoms with E-state index < -0.39 is 31.0 Å². The van der Waals surface area contributed by atoms with E-state index in [1.165, 1.54) is 4.90 Å². The van der Waals surface area contributed by atoms with Crippen LogP contribution in [0.5, 0.6) is 5.75 Å². The number of amides is 2. The fraction of sp³-hybridized carbons (Fsp3) is 0.455. The van der Waals surface area contributed by atoms with Gasteiger partial charge in [-0.25, -0.2) is 0 Å². The predicted octanol–water partition coefficient (Wildman–Crippen LogP) is 4.96. The van der Waals surface area contributed by atoms with Crippen LogP contribution in [-0.2, 0) is 23.8 Å². The van der Waals surface area contributed by atoms with Gasteiger partial charge in [0.25, 0.3) is 0 Å². The van der Waals surface area contributed by atoms with Gasteiger partial charge in [0.1, 0.15) is 5.75 Å². The number of aromatic nitrogens is 1. The van der Waals surface area contributed by atoms with E-state index in [-0.39, 0.29) is 49.4 Å². The second kappa shape index (κ2) is 14.9. The molecule has 238 valence electrons. The van der Waals surface area contributed by atoms with Crippen molar-refractivity contribution in [3.05, 3.63) is 69.5 Å². The molecule has 3 heterocycles. The van der Waals surface area contributed by atoms with Crippen molar-refractivity contribution in [3.63, 3.8) is 0 Å². The monoisotopic (exact) mass is 680 g/mol. The molecule has 2 aliphatic heterocycles. The number of carbonyl (C=O) groups excluding carboxylic acids is 2. The maximum Gasteiger partial charge on any atom is 0.455 e. The number of imide groups is 1. The number of carboxylic acid groups (broad SMARTS) is 1. The summed E-state index contributed by atoms with van der Waals surface area (Å²) in [5, 5.41) is 30.3. The van der Waals surface area contributed by atoms with E-state index in [4.69, 9.17) is 14.5 Å². The molecule has 1 aromatic heterocycles. The van der Waals surface area contributed by atoms with E-state index in [2.05, 4.69) is 20.9 Å². The number of benzene rings is 1. The number of aliphatic carboxylic acids is 1. The van der Waals surface area contributed by atoms with Gasteiger partial charge in [-0.3, -0.25) is 24.3 Å². The minimum atomic E-state index is -1.10. The molecule has 0 saturated carbocycles. The Balaban J connectivity index is 1.40. The molecule has 2 saturated heterocycles. The number of phenols is 1. The van der Waals surface area contributed by atoms with Gasteiger partial charge in [0.05, 0.1) is 30.2 Å². The first-order chi connectivity index (χ1) is 21.7. The molecule has 0 radical (unpaired) electrons. The molecular weight excluding hydrogens is 643 g/mol. The lowest BCUT2D eigenvalue weighted by Crippen LogP contribution is -2.46. The molecule has 0 spiro atoms. The number of methoxy groups -OCH3 is 1. The Morgan fingerprint density at radius 1 is 1.16 bits per heavy atom. The summed E-state index contributed by atoms with van der Waals surface area (Å²) in [5.41, 5.74) is 4.10. The standard InChI is InChI=1S/C33H38BBrN2O8/c1-44-19-22-17-24-31(33(42)37(32(24)41)14-6-2-3-8-29(39)40)25-18-34(43)45-28(30(22)25)12-9-20(26-7-4-5-13-36-26)15-21-16-23(35)10-11-27(21)38/h4-5,7,10-11,13,15-16,24-25,28,31,38,43H,2-3,6,8-9,12,14,17-19H2,1H3,(H,39,40)/b20-15-/t24-,25+,28-,31-/m1/s1. The first-order valence-corrected chi connectivity index (χ1v) is 16.2. The largest absolute Gasteiger partial charge is 0.507 e. The van der Waals surface area contributed by atoms with Gasteiger partial charge in [0.15, 0.2) is 0 Å². The number of ether oxygens (including phenoxy) is 1. The number of pyridine rings is 1. The molecule has 45 heavy (non-hydrogen) atoms. The molecule has 2 fully saturated rings. The van der Waals surface area contributed by atoms with Crippen LogP contribution in [0.1, 0.15) is 56.2 Å². The van der Waals surface area contributed by atoms with Gasteiger partial charge in [0, 0.05) is 36.3 Å². The van der Waals surface area contributed by atoms with Crippen LogP contribution in [-0.4, -0.2) is 76.4 Å². The van der Waals surface area contributed by atoms with Gasteiger partial charge >= 0.3 is 13.1 Å². The summed E-state index contributed by atoms with van der Waals surface area (Å²) in [4.78, 5) is 44.0. The molecule has 1 aromatic carbocycles. The lowest BCUT2D eigenvalue weighted by Gasteiger charge is -2.43. The average molecular weight is 681 g/mol. The number of likely N-dealkylation sites (tertiary alicyclic amines) is 1. The van der Waals surface area contributed by atoms with Crippen molar-refractivity contribution in [1.29, 1.82) is 0 Å². The third-order valence-corrected chi connectivity index (χ3v) is 9.47. The molecule has 3 aliphatic rings. The van der Waals surface area contributed by atoms with Gasteiger partial charge in [0.2, 0.25) is 11.8 Å². The summed E-state index contributed by atoms with van der Waals surface area (Å²) in [6, 6.07) is 10.9. The van der Waals surface area contributed by atoms with Crippen molar-refractivity contribution in [2.75, 3.05) is 20.3 Å². The van der Waals surface area contributed by atoms with Crippen LogP contribution < -0.4 is 0 Å². The third-order valence-electron chi connectivity index (χ3n) is 8.98.